The second kappa shape index (κ2) is 11.5. The number of anilines is 1. The molecule has 0 saturated carbocycles. The van der Waals surface area contributed by atoms with Crippen molar-refractivity contribution >= 4 is 45.4 Å². The van der Waals surface area contributed by atoms with Gasteiger partial charge in [-0.25, -0.2) is 18.7 Å². The van der Waals surface area contributed by atoms with Gasteiger partial charge in [0.1, 0.15) is 11.3 Å². The maximum Gasteiger partial charge on any atom is 0.417 e. The quantitative estimate of drug-likeness (QED) is 0.183. The average Bonchev–Trinajstić information content (AvgIpc) is 3.63. The number of alkyl halides is 3. The minimum absolute atomic E-state index is 0.0340. The van der Waals surface area contributed by atoms with Crippen molar-refractivity contribution in [3.8, 4) is 0 Å². The minimum Gasteiger partial charge on any atom is -0.365 e. The van der Waals surface area contributed by atoms with E-state index >= 15 is 0 Å². The lowest BCUT2D eigenvalue weighted by molar-refractivity contribution is -0.137. The van der Waals surface area contributed by atoms with Gasteiger partial charge in [0.15, 0.2) is 11.6 Å². The van der Waals surface area contributed by atoms with Crippen molar-refractivity contribution < 1.29 is 26.7 Å². The van der Waals surface area contributed by atoms with Crippen LogP contribution in [0.3, 0.4) is 0 Å². The van der Waals surface area contributed by atoms with Crippen LogP contribution in [0, 0.1) is 11.6 Å². The van der Waals surface area contributed by atoms with Crippen LogP contribution in [0.15, 0.2) is 72.2 Å². The molecule has 2 aromatic carbocycles. The molecule has 0 bridgehead atoms. The molecule has 0 aliphatic carbocycles. The number of benzene rings is 2. The van der Waals surface area contributed by atoms with Crippen molar-refractivity contribution in [3.05, 3.63) is 106 Å². The van der Waals surface area contributed by atoms with Crippen molar-refractivity contribution in [2.45, 2.75) is 30.8 Å². The lowest BCUT2D eigenvalue weighted by Gasteiger charge is -2.18. The molecular weight excluding hydrogens is 599 g/mol. The lowest BCUT2D eigenvalue weighted by atomic mass is 10.1. The number of halogens is 5. The van der Waals surface area contributed by atoms with Gasteiger partial charge < -0.3 is 15.2 Å². The molecule has 0 spiro atoms. The number of allylic oxidation sites excluding steroid dienone is 1. The number of nitrogens with zero attached hydrogens (tertiary/aromatic N) is 4. The number of amides is 1. The van der Waals surface area contributed by atoms with Gasteiger partial charge in [0.05, 0.1) is 40.7 Å². The highest BCUT2D eigenvalue weighted by Gasteiger charge is 2.33. The summed E-state index contributed by atoms with van der Waals surface area (Å²) in [6.07, 6.45) is 2.23. The molecule has 0 radical (unpaired) electrons. The molecule has 1 aliphatic rings. The SMILES string of the molecule is C[C@H](NC(=O)c1cc(C(F)(F)F)cnc1NCC1=CCC(c2ccc3ncc4ncn(C)c4c3c2)S1)c1ccc(F)c(F)c1. The number of pyridine rings is 2. The summed E-state index contributed by atoms with van der Waals surface area (Å²) in [5, 5.41) is 6.68. The average molecular weight is 625 g/mol. The zero-order valence-electron chi connectivity index (χ0n) is 23.4. The van der Waals surface area contributed by atoms with Crippen molar-refractivity contribution in [2.24, 2.45) is 7.05 Å². The van der Waals surface area contributed by atoms with E-state index in [1.54, 1.807) is 24.3 Å². The van der Waals surface area contributed by atoms with Gasteiger partial charge in [0.2, 0.25) is 0 Å². The number of aryl methyl sites for hydroxylation is 1. The molecule has 7 nitrogen and oxygen atoms in total. The Bertz CT molecular complexity index is 1940. The van der Waals surface area contributed by atoms with E-state index in [4.69, 9.17) is 0 Å². The Kier molecular flexibility index (Phi) is 7.74. The molecule has 0 saturated heterocycles. The monoisotopic (exact) mass is 624 g/mol. The molecule has 5 aromatic rings. The number of carbonyl (C=O) groups is 1. The summed E-state index contributed by atoms with van der Waals surface area (Å²) in [6, 6.07) is 9.17. The van der Waals surface area contributed by atoms with E-state index in [-0.39, 0.29) is 28.7 Å². The van der Waals surface area contributed by atoms with Crippen LogP contribution < -0.4 is 10.6 Å². The topological polar surface area (TPSA) is 84.7 Å². The Labute approximate surface area is 252 Å². The van der Waals surface area contributed by atoms with E-state index in [1.807, 2.05) is 29.8 Å². The molecule has 226 valence electrons. The number of imidazole rings is 1. The third kappa shape index (κ3) is 5.83. The van der Waals surface area contributed by atoms with Crippen LogP contribution in [0.1, 0.15) is 51.7 Å². The highest BCUT2D eigenvalue weighted by Crippen LogP contribution is 2.44. The number of hydrogen-bond acceptors (Lipinski definition) is 6. The summed E-state index contributed by atoms with van der Waals surface area (Å²) < 4.78 is 69.6. The van der Waals surface area contributed by atoms with Crippen molar-refractivity contribution in [1.29, 1.82) is 0 Å². The standard InChI is InChI=1S/C31H25F5N6OS/c1-16(17-3-6-23(32)24(33)10-17)41-30(43)22-11-19(31(34,35)36)12-38-29(22)39-13-20-5-8-27(44-20)18-4-7-25-21(9-18)28-26(14-37-25)40-15-42(28)2/h3-7,9-12,14-16,27H,8,13H2,1-2H3,(H,38,39)(H,41,43)/t16-,27?/m0/s1. The van der Waals surface area contributed by atoms with Gasteiger partial charge in [-0.05, 0) is 54.8 Å². The van der Waals surface area contributed by atoms with Crippen LogP contribution in [-0.4, -0.2) is 32.0 Å². The molecule has 2 N–H and O–H groups in total. The third-order valence-electron chi connectivity index (χ3n) is 7.47. The number of rotatable bonds is 7. The van der Waals surface area contributed by atoms with E-state index in [0.29, 0.717) is 6.20 Å². The molecule has 1 amide bonds. The fraction of sp³-hybridized carbons (Fsp3) is 0.226. The Hall–Kier alpha value is -4.52. The van der Waals surface area contributed by atoms with Crippen molar-refractivity contribution in [2.75, 3.05) is 11.9 Å². The maximum absolute atomic E-state index is 13.7. The molecule has 44 heavy (non-hydrogen) atoms. The van der Waals surface area contributed by atoms with Crippen LogP contribution in [0.4, 0.5) is 27.8 Å². The molecule has 6 rings (SSSR count). The summed E-state index contributed by atoms with van der Waals surface area (Å²) in [6.45, 7) is 1.75. The second-order valence-electron chi connectivity index (χ2n) is 10.5. The van der Waals surface area contributed by atoms with Crippen molar-refractivity contribution in [1.82, 2.24) is 24.8 Å². The predicted molar refractivity (Wildman–Crippen MR) is 159 cm³/mol. The smallest absolute Gasteiger partial charge is 0.365 e. The number of carbonyl (C=O) groups excluding carboxylic acids is 1. The summed E-state index contributed by atoms with van der Waals surface area (Å²) in [5.74, 6) is -3.03. The molecule has 1 aliphatic heterocycles. The normalized spacial score (nSPS) is 15.9. The summed E-state index contributed by atoms with van der Waals surface area (Å²) in [7, 11) is 1.93. The van der Waals surface area contributed by atoms with Crippen LogP contribution in [-0.2, 0) is 13.2 Å². The van der Waals surface area contributed by atoms with E-state index in [0.717, 1.165) is 57.0 Å². The Morgan fingerprint density at radius 2 is 1.86 bits per heavy atom. The first-order chi connectivity index (χ1) is 21.0. The lowest BCUT2D eigenvalue weighted by Crippen LogP contribution is -2.28. The van der Waals surface area contributed by atoms with E-state index in [9.17, 15) is 26.7 Å². The van der Waals surface area contributed by atoms with Gasteiger partial charge in [0, 0.05) is 35.3 Å². The highest BCUT2D eigenvalue weighted by molar-refractivity contribution is 8.03. The van der Waals surface area contributed by atoms with Crippen LogP contribution >= 0.6 is 11.8 Å². The number of aromatic nitrogens is 4. The molecule has 0 fully saturated rings. The maximum atomic E-state index is 13.7. The first-order valence-electron chi connectivity index (χ1n) is 13.6. The van der Waals surface area contributed by atoms with Gasteiger partial charge in [-0.1, -0.05) is 18.2 Å². The van der Waals surface area contributed by atoms with Crippen LogP contribution in [0.25, 0.3) is 21.9 Å². The van der Waals surface area contributed by atoms with Gasteiger partial charge in [-0.3, -0.25) is 9.78 Å². The Morgan fingerprint density at radius 1 is 1.05 bits per heavy atom. The zero-order chi connectivity index (χ0) is 31.2. The number of hydrogen-bond donors (Lipinski definition) is 2. The number of nitrogens with one attached hydrogen (secondary N) is 2. The fourth-order valence-corrected chi connectivity index (χ4v) is 6.33. The molecule has 13 heteroatoms. The first-order valence-corrected chi connectivity index (χ1v) is 14.5. The van der Waals surface area contributed by atoms with E-state index in [2.05, 4.69) is 31.7 Å². The molecule has 3 aromatic heterocycles. The third-order valence-corrected chi connectivity index (χ3v) is 8.84. The van der Waals surface area contributed by atoms with Gasteiger partial charge in [-0.2, -0.15) is 13.2 Å². The number of thioether (sulfide) groups is 1. The van der Waals surface area contributed by atoms with Gasteiger partial charge in [0.25, 0.3) is 5.91 Å². The van der Waals surface area contributed by atoms with E-state index < -0.39 is 35.3 Å². The number of fused-ring (bicyclic) bond motifs is 3. The molecule has 4 heterocycles. The predicted octanol–water partition coefficient (Wildman–Crippen LogP) is 7.48. The zero-order valence-corrected chi connectivity index (χ0v) is 24.2. The molecule has 1 unspecified atom stereocenters. The largest absolute Gasteiger partial charge is 0.417 e. The van der Waals surface area contributed by atoms with Gasteiger partial charge >= 0.3 is 6.18 Å². The van der Waals surface area contributed by atoms with Crippen LogP contribution in [0.2, 0.25) is 0 Å². The minimum atomic E-state index is -4.72. The molecular formula is C31H25F5N6OS. The summed E-state index contributed by atoms with van der Waals surface area (Å²) in [5.41, 5.74) is 2.60. The highest BCUT2D eigenvalue weighted by atomic mass is 32.2. The van der Waals surface area contributed by atoms with Gasteiger partial charge in [-0.15, -0.1) is 11.8 Å². The second-order valence-corrected chi connectivity index (χ2v) is 11.8. The molecule has 2 atom stereocenters. The van der Waals surface area contributed by atoms with Crippen molar-refractivity contribution in [3.63, 3.8) is 0 Å². The Morgan fingerprint density at radius 3 is 2.64 bits per heavy atom. The van der Waals surface area contributed by atoms with Crippen LogP contribution in [0.5, 0.6) is 0 Å². The first kappa shape index (κ1) is 29.5. The fourth-order valence-electron chi connectivity index (χ4n) is 5.14. The summed E-state index contributed by atoms with van der Waals surface area (Å²) >= 11 is 1.62. The van der Waals surface area contributed by atoms with E-state index in [1.165, 1.54) is 13.0 Å². The summed E-state index contributed by atoms with van der Waals surface area (Å²) in [4.78, 5) is 26.9. The Balaban J connectivity index is 1.18.